The maximum atomic E-state index is 12.7. The summed E-state index contributed by atoms with van der Waals surface area (Å²) in [7, 11) is 0. The van der Waals surface area contributed by atoms with Crippen molar-refractivity contribution >= 4 is 52.7 Å². The number of rotatable bonds is 3. The van der Waals surface area contributed by atoms with Crippen LogP contribution in [0.5, 0.6) is 34.5 Å². The van der Waals surface area contributed by atoms with Crippen molar-refractivity contribution in [2.24, 2.45) is 0 Å². The Balaban J connectivity index is 0.000000118. The molecular weight excluding hydrogens is 1060 g/mol. The third kappa shape index (κ3) is 8.33. The maximum Gasteiger partial charge on any atom is 0.340 e. The molecule has 15 rings (SSSR count). The van der Waals surface area contributed by atoms with E-state index < -0.39 is 16.8 Å². The number of aryl methyl sites for hydroxylation is 3. The molecule has 0 radical (unpaired) electrons. The number of ether oxygens (including phenoxy) is 6. The van der Waals surface area contributed by atoms with Gasteiger partial charge in [0.2, 0.25) is 17.7 Å². The number of esters is 3. The summed E-state index contributed by atoms with van der Waals surface area (Å²) < 4.78 is 36.7. The van der Waals surface area contributed by atoms with Crippen LogP contribution in [0.15, 0.2) is 182 Å². The Morgan fingerprint density at radius 1 is 0.310 bits per heavy atom. The fourth-order valence-electron chi connectivity index (χ4n) is 12.2. The summed E-state index contributed by atoms with van der Waals surface area (Å²) in [5, 5.41) is 8.31. The lowest BCUT2D eigenvalue weighted by atomic mass is 9.77. The number of anilines is 3. The molecule has 3 N–H and O–H groups in total. The average Bonchev–Trinajstić information content (AvgIpc) is 2.85. The summed E-state index contributed by atoms with van der Waals surface area (Å²) in [5.41, 5.74) is 10.3. The lowest BCUT2D eigenvalue weighted by Gasteiger charge is -2.36. The highest BCUT2D eigenvalue weighted by molar-refractivity contribution is 5.99. The van der Waals surface area contributed by atoms with Crippen LogP contribution >= 0.6 is 0 Å². The Morgan fingerprint density at radius 3 is 0.810 bits per heavy atom. The van der Waals surface area contributed by atoms with Crippen molar-refractivity contribution in [1.82, 2.24) is 0 Å². The minimum atomic E-state index is -1.07. The first-order valence-corrected chi connectivity index (χ1v) is 27.1. The van der Waals surface area contributed by atoms with Crippen molar-refractivity contribution in [3.63, 3.8) is 0 Å². The highest BCUT2D eigenvalue weighted by Gasteiger charge is 2.56. The van der Waals surface area contributed by atoms with Gasteiger partial charge < -0.3 is 44.4 Å². The molecule has 15 nitrogen and oxygen atoms in total. The predicted molar refractivity (Wildman–Crippen MR) is 311 cm³/mol. The number of carbonyl (C=O) groups excluding carboxylic acids is 6. The van der Waals surface area contributed by atoms with E-state index in [4.69, 9.17) is 28.4 Å². The average molecular weight is 1110 g/mol. The zero-order valence-electron chi connectivity index (χ0n) is 46.2. The fraction of sp³-hybridized carbons (Fsp3) is 0.130. The van der Waals surface area contributed by atoms with E-state index in [1.54, 1.807) is 54.6 Å². The summed E-state index contributed by atoms with van der Waals surface area (Å²) in [4.78, 5) is 72.5. The molecule has 3 amide bonds. The van der Waals surface area contributed by atoms with Gasteiger partial charge in [-0.25, -0.2) is 14.4 Å². The van der Waals surface area contributed by atoms with Gasteiger partial charge in [-0.15, -0.1) is 0 Å². The number of benzene rings is 9. The van der Waals surface area contributed by atoms with E-state index in [0.717, 1.165) is 66.8 Å². The van der Waals surface area contributed by atoms with Gasteiger partial charge in [0.1, 0.15) is 34.5 Å². The van der Waals surface area contributed by atoms with Gasteiger partial charge in [-0.3, -0.25) is 14.4 Å². The molecule has 414 valence electrons. The van der Waals surface area contributed by atoms with Crippen LogP contribution in [0, 0.1) is 20.8 Å². The van der Waals surface area contributed by atoms with Crippen LogP contribution in [0.25, 0.3) is 0 Å². The molecule has 0 aromatic heterocycles. The molecule has 9 aromatic rings. The zero-order chi connectivity index (χ0) is 58.4. The zero-order valence-corrected chi connectivity index (χ0v) is 46.2. The lowest BCUT2D eigenvalue weighted by Crippen LogP contribution is -2.33. The van der Waals surface area contributed by atoms with Crippen molar-refractivity contribution in [2.45, 2.75) is 58.3 Å². The van der Waals surface area contributed by atoms with Gasteiger partial charge >= 0.3 is 17.9 Å². The summed E-state index contributed by atoms with van der Waals surface area (Å²) >= 11 is 0. The van der Waals surface area contributed by atoms with Gasteiger partial charge in [0.15, 0.2) is 16.8 Å². The first kappa shape index (κ1) is 52.6. The third-order valence-electron chi connectivity index (χ3n) is 15.6. The summed E-state index contributed by atoms with van der Waals surface area (Å²) in [6.45, 7) is 10.3. The standard InChI is InChI=1S/3C23H17NO4/c3*1-13-7-9-18-20(11-13)27-21-12-15(24-14(2)25)8-10-19(21)23(18)17-6-4-3-5-16(17)22(26)28-23/h3*3-12H,1-2H3,(H,24,25). The van der Waals surface area contributed by atoms with Crippen LogP contribution in [-0.4, -0.2) is 35.6 Å². The first-order chi connectivity index (χ1) is 40.5. The van der Waals surface area contributed by atoms with Crippen LogP contribution in [0.2, 0.25) is 0 Å². The van der Waals surface area contributed by atoms with Gasteiger partial charge in [-0.1, -0.05) is 91.0 Å². The van der Waals surface area contributed by atoms with E-state index >= 15 is 0 Å². The Labute approximate surface area is 482 Å². The van der Waals surface area contributed by atoms with E-state index in [1.165, 1.54) is 20.8 Å². The van der Waals surface area contributed by atoms with Crippen molar-refractivity contribution in [3.8, 4) is 34.5 Å². The van der Waals surface area contributed by atoms with E-state index in [1.807, 2.05) is 148 Å². The molecule has 6 aliphatic heterocycles. The van der Waals surface area contributed by atoms with Crippen molar-refractivity contribution in [2.75, 3.05) is 16.0 Å². The molecule has 0 bridgehead atoms. The summed E-state index contributed by atoms with van der Waals surface area (Å²) in [6, 6.07) is 56.1. The predicted octanol–water partition coefficient (Wildman–Crippen LogP) is 13.6. The van der Waals surface area contributed by atoms with Crippen LogP contribution in [0.1, 0.15) is 119 Å². The number of carbonyl (C=O) groups is 6. The quantitative estimate of drug-likeness (QED) is 0.112. The topological polar surface area (TPSA) is 194 Å². The van der Waals surface area contributed by atoms with E-state index in [9.17, 15) is 28.8 Å². The molecule has 6 aliphatic rings. The van der Waals surface area contributed by atoms with Crippen molar-refractivity contribution in [3.05, 3.63) is 265 Å². The second kappa shape index (κ2) is 19.7. The molecule has 0 saturated heterocycles. The van der Waals surface area contributed by atoms with Gasteiger partial charge in [0.25, 0.3) is 0 Å². The Kier molecular flexibility index (Phi) is 12.3. The number of hydrogen-bond donors (Lipinski definition) is 3. The molecule has 3 atom stereocenters. The Hall–Kier alpha value is -10.8. The lowest BCUT2D eigenvalue weighted by molar-refractivity contribution is -0.115. The van der Waals surface area contributed by atoms with Crippen molar-refractivity contribution < 1.29 is 57.2 Å². The van der Waals surface area contributed by atoms with Gasteiger partial charge in [-0.05, 0) is 110 Å². The second-order valence-electron chi connectivity index (χ2n) is 21.3. The molecule has 15 heteroatoms. The number of hydrogen-bond acceptors (Lipinski definition) is 12. The molecular formula is C69H51N3O12. The number of amides is 3. The van der Waals surface area contributed by atoms with Gasteiger partial charge in [0, 0.05) is 106 Å². The fourth-order valence-corrected chi connectivity index (χ4v) is 12.2. The molecule has 84 heavy (non-hydrogen) atoms. The molecule has 0 fully saturated rings. The highest BCUT2D eigenvalue weighted by atomic mass is 16.6. The monoisotopic (exact) mass is 1110 g/mol. The summed E-state index contributed by atoms with van der Waals surface area (Å²) in [5.74, 6) is 1.98. The highest BCUT2D eigenvalue weighted by Crippen LogP contribution is 2.60. The van der Waals surface area contributed by atoms with Crippen LogP contribution < -0.4 is 30.2 Å². The van der Waals surface area contributed by atoms with Crippen molar-refractivity contribution in [1.29, 1.82) is 0 Å². The molecule has 9 aromatic carbocycles. The minimum Gasteiger partial charge on any atom is -0.456 e. The Morgan fingerprint density at radius 2 is 0.548 bits per heavy atom. The smallest absolute Gasteiger partial charge is 0.340 e. The Bertz CT molecular complexity index is 3940. The van der Waals surface area contributed by atoms with E-state index in [-0.39, 0.29) is 35.6 Å². The molecule has 6 heterocycles. The third-order valence-corrected chi connectivity index (χ3v) is 15.6. The number of nitrogens with one attached hydrogen (secondary N) is 3. The number of fused-ring (bicyclic) bond motifs is 18. The van der Waals surface area contributed by atoms with E-state index in [2.05, 4.69) is 16.0 Å². The minimum absolute atomic E-state index is 0.167. The normalized spacial score (nSPS) is 18.6. The van der Waals surface area contributed by atoms with Gasteiger partial charge in [0.05, 0.1) is 16.7 Å². The molecule has 0 saturated carbocycles. The van der Waals surface area contributed by atoms with E-state index in [0.29, 0.717) is 68.2 Å². The van der Waals surface area contributed by atoms with Crippen LogP contribution in [-0.2, 0) is 45.4 Å². The largest absolute Gasteiger partial charge is 0.456 e. The molecule has 3 unspecified atom stereocenters. The first-order valence-electron chi connectivity index (χ1n) is 27.1. The molecule has 3 spiro atoms. The summed E-state index contributed by atoms with van der Waals surface area (Å²) in [6.07, 6.45) is 0. The SMILES string of the molecule is CC(=O)Nc1ccc2c(c1)Oc1cc(C)ccc1C21OC(=O)c2ccccc21.CC(=O)Nc1ccc2c(c1)Oc1cc(C)ccc1C21OC(=O)c2ccccc21.CC(=O)Nc1ccc2c(c1)Oc1cc(C)ccc1C21OC(=O)c2ccccc21. The van der Waals surface area contributed by atoms with Gasteiger partial charge in [-0.2, -0.15) is 0 Å². The van der Waals surface area contributed by atoms with Crippen LogP contribution in [0.3, 0.4) is 0 Å². The molecule has 0 aliphatic carbocycles. The van der Waals surface area contributed by atoms with Crippen LogP contribution in [0.4, 0.5) is 17.1 Å². The maximum absolute atomic E-state index is 12.7. The second-order valence-corrected chi connectivity index (χ2v) is 21.3.